The standard InChI is InChI=1S/C16H14Cl3NO2/c1-9-5-14(15(22-2)8-12(9)18)20-16(21)6-10-3-4-11(17)7-13(10)19/h3-5,7-8H,6H2,1-2H3,(H,20,21). The predicted octanol–water partition coefficient (Wildman–Crippen LogP) is 5.15. The fourth-order valence-corrected chi connectivity index (χ4v) is 2.59. The number of carbonyl (C=O) groups excluding carboxylic acids is 1. The Hall–Kier alpha value is -1.42. The van der Waals surface area contributed by atoms with Gasteiger partial charge in [-0.3, -0.25) is 4.79 Å². The molecule has 2 aromatic carbocycles. The summed E-state index contributed by atoms with van der Waals surface area (Å²) in [6.45, 7) is 1.85. The van der Waals surface area contributed by atoms with Crippen LogP contribution in [-0.2, 0) is 11.2 Å². The maximum Gasteiger partial charge on any atom is 0.228 e. The normalized spacial score (nSPS) is 10.4. The average Bonchev–Trinajstić information content (AvgIpc) is 2.45. The first-order valence-corrected chi connectivity index (χ1v) is 7.62. The molecule has 2 aromatic rings. The summed E-state index contributed by atoms with van der Waals surface area (Å²) < 4.78 is 5.23. The second-order valence-corrected chi connectivity index (χ2v) is 6.01. The van der Waals surface area contributed by atoms with E-state index in [0.29, 0.717) is 32.1 Å². The Kier molecular flexibility index (Phi) is 5.57. The average molecular weight is 359 g/mol. The molecular weight excluding hydrogens is 345 g/mol. The Labute approximate surface area is 144 Å². The van der Waals surface area contributed by atoms with Crippen LogP contribution in [0.1, 0.15) is 11.1 Å². The van der Waals surface area contributed by atoms with Crippen molar-refractivity contribution in [1.29, 1.82) is 0 Å². The van der Waals surface area contributed by atoms with E-state index in [4.69, 9.17) is 39.5 Å². The Bertz CT molecular complexity index is 717. The number of rotatable bonds is 4. The smallest absolute Gasteiger partial charge is 0.228 e. The van der Waals surface area contributed by atoms with E-state index in [-0.39, 0.29) is 12.3 Å². The molecule has 0 aliphatic carbocycles. The number of hydrogen-bond donors (Lipinski definition) is 1. The van der Waals surface area contributed by atoms with Gasteiger partial charge in [0.2, 0.25) is 5.91 Å². The van der Waals surface area contributed by atoms with Crippen LogP contribution in [0.5, 0.6) is 5.75 Å². The molecule has 6 heteroatoms. The van der Waals surface area contributed by atoms with Crippen LogP contribution in [0.25, 0.3) is 0 Å². The van der Waals surface area contributed by atoms with E-state index in [9.17, 15) is 4.79 Å². The fraction of sp³-hybridized carbons (Fsp3) is 0.188. The van der Waals surface area contributed by atoms with Gasteiger partial charge in [0.05, 0.1) is 19.2 Å². The number of methoxy groups -OCH3 is 1. The molecule has 116 valence electrons. The molecule has 0 radical (unpaired) electrons. The molecule has 3 nitrogen and oxygen atoms in total. The van der Waals surface area contributed by atoms with E-state index >= 15 is 0 Å². The molecular formula is C16H14Cl3NO2. The lowest BCUT2D eigenvalue weighted by molar-refractivity contribution is -0.115. The molecule has 0 atom stereocenters. The lowest BCUT2D eigenvalue weighted by Crippen LogP contribution is -2.15. The predicted molar refractivity (Wildman–Crippen MR) is 91.5 cm³/mol. The van der Waals surface area contributed by atoms with Crippen molar-refractivity contribution in [2.75, 3.05) is 12.4 Å². The van der Waals surface area contributed by atoms with Crippen LogP contribution in [0, 0.1) is 6.92 Å². The number of halogens is 3. The van der Waals surface area contributed by atoms with Crippen LogP contribution in [0.3, 0.4) is 0 Å². The highest BCUT2D eigenvalue weighted by Gasteiger charge is 2.12. The van der Waals surface area contributed by atoms with Crippen molar-refractivity contribution in [3.8, 4) is 5.75 Å². The number of amides is 1. The molecule has 0 heterocycles. The van der Waals surface area contributed by atoms with Crippen molar-refractivity contribution in [3.05, 3.63) is 56.5 Å². The first kappa shape index (κ1) is 16.9. The van der Waals surface area contributed by atoms with Crippen molar-refractivity contribution in [3.63, 3.8) is 0 Å². The largest absolute Gasteiger partial charge is 0.495 e. The van der Waals surface area contributed by atoms with Crippen LogP contribution < -0.4 is 10.1 Å². The molecule has 1 amide bonds. The second-order valence-electron chi connectivity index (χ2n) is 4.76. The summed E-state index contributed by atoms with van der Waals surface area (Å²) in [5.74, 6) is 0.301. The maximum atomic E-state index is 12.2. The van der Waals surface area contributed by atoms with Crippen molar-refractivity contribution in [2.45, 2.75) is 13.3 Å². The first-order chi connectivity index (χ1) is 10.4. The number of nitrogens with one attached hydrogen (secondary N) is 1. The highest BCUT2D eigenvalue weighted by molar-refractivity contribution is 6.35. The molecule has 0 aliphatic rings. The van der Waals surface area contributed by atoms with Gasteiger partial charge in [-0.25, -0.2) is 0 Å². The van der Waals surface area contributed by atoms with E-state index in [1.165, 1.54) is 7.11 Å². The first-order valence-electron chi connectivity index (χ1n) is 6.48. The summed E-state index contributed by atoms with van der Waals surface area (Å²) in [6.07, 6.45) is 0.140. The molecule has 22 heavy (non-hydrogen) atoms. The monoisotopic (exact) mass is 357 g/mol. The van der Waals surface area contributed by atoms with E-state index in [1.807, 2.05) is 6.92 Å². The van der Waals surface area contributed by atoms with Gasteiger partial charge >= 0.3 is 0 Å². The van der Waals surface area contributed by atoms with Crippen molar-refractivity contribution >= 4 is 46.4 Å². The van der Waals surface area contributed by atoms with Crippen LogP contribution in [0.15, 0.2) is 30.3 Å². The molecule has 0 bridgehead atoms. The zero-order valence-corrected chi connectivity index (χ0v) is 14.3. The fourth-order valence-electron chi connectivity index (χ4n) is 1.96. The van der Waals surface area contributed by atoms with Gasteiger partial charge in [-0.2, -0.15) is 0 Å². The SMILES string of the molecule is COc1cc(Cl)c(C)cc1NC(=O)Cc1ccc(Cl)cc1Cl. The molecule has 0 spiro atoms. The van der Waals surface area contributed by atoms with Crippen LogP contribution in [0.2, 0.25) is 15.1 Å². The van der Waals surface area contributed by atoms with Crippen molar-refractivity contribution in [2.24, 2.45) is 0 Å². The van der Waals surface area contributed by atoms with Gasteiger partial charge in [-0.15, -0.1) is 0 Å². The molecule has 0 saturated heterocycles. The Morgan fingerprint density at radius 3 is 2.50 bits per heavy atom. The summed E-state index contributed by atoms with van der Waals surface area (Å²) >= 11 is 18.0. The van der Waals surface area contributed by atoms with Gasteiger partial charge in [0.1, 0.15) is 5.75 Å². The summed E-state index contributed by atoms with van der Waals surface area (Å²) in [4.78, 5) is 12.2. The Morgan fingerprint density at radius 1 is 1.14 bits per heavy atom. The van der Waals surface area contributed by atoms with E-state index in [0.717, 1.165) is 5.56 Å². The topological polar surface area (TPSA) is 38.3 Å². The minimum Gasteiger partial charge on any atom is -0.495 e. The number of hydrogen-bond acceptors (Lipinski definition) is 2. The van der Waals surface area contributed by atoms with E-state index in [2.05, 4.69) is 5.32 Å². The van der Waals surface area contributed by atoms with Crippen LogP contribution in [0.4, 0.5) is 5.69 Å². The molecule has 0 aromatic heterocycles. The molecule has 0 unspecified atom stereocenters. The maximum absolute atomic E-state index is 12.2. The third kappa shape index (κ3) is 4.07. The zero-order chi connectivity index (χ0) is 16.3. The lowest BCUT2D eigenvalue weighted by atomic mass is 10.1. The number of ether oxygens (including phenoxy) is 1. The number of carbonyl (C=O) groups is 1. The van der Waals surface area contributed by atoms with Gasteiger partial charge in [0.15, 0.2) is 0 Å². The highest BCUT2D eigenvalue weighted by Crippen LogP contribution is 2.31. The Balaban J connectivity index is 2.17. The van der Waals surface area contributed by atoms with Gasteiger partial charge in [-0.1, -0.05) is 40.9 Å². The van der Waals surface area contributed by atoms with Crippen molar-refractivity contribution in [1.82, 2.24) is 0 Å². The lowest BCUT2D eigenvalue weighted by Gasteiger charge is -2.12. The molecule has 2 rings (SSSR count). The van der Waals surface area contributed by atoms with Gasteiger partial charge in [-0.05, 0) is 36.2 Å². The van der Waals surface area contributed by atoms with Gasteiger partial charge < -0.3 is 10.1 Å². The minimum atomic E-state index is -0.204. The summed E-state index contributed by atoms with van der Waals surface area (Å²) in [5.41, 5.74) is 2.12. The number of aryl methyl sites for hydroxylation is 1. The summed E-state index contributed by atoms with van der Waals surface area (Å²) in [7, 11) is 1.52. The number of benzene rings is 2. The van der Waals surface area contributed by atoms with Crippen molar-refractivity contribution < 1.29 is 9.53 Å². The van der Waals surface area contributed by atoms with Gasteiger partial charge in [0.25, 0.3) is 0 Å². The quantitative estimate of drug-likeness (QED) is 0.821. The summed E-state index contributed by atoms with van der Waals surface area (Å²) in [5, 5.41) is 4.38. The van der Waals surface area contributed by atoms with Gasteiger partial charge in [0, 0.05) is 21.1 Å². The molecule has 0 aliphatic heterocycles. The molecule has 0 fully saturated rings. The molecule has 0 saturated carbocycles. The Morgan fingerprint density at radius 2 is 1.86 bits per heavy atom. The third-order valence-electron chi connectivity index (χ3n) is 3.12. The van der Waals surface area contributed by atoms with Crippen LogP contribution >= 0.6 is 34.8 Å². The van der Waals surface area contributed by atoms with E-state index < -0.39 is 0 Å². The van der Waals surface area contributed by atoms with E-state index in [1.54, 1.807) is 30.3 Å². The second kappa shape index (κ2) is 7.23. The number of anilines is 1. The zero-order valence-electron chi connectivity index (χ0n) is 12.0. The van der Waals surface area contributed by atoms with Crippen LogP contribution in [-0.4, -0.2) is 13.0 Å². The highest BCUT2D eigenvalue weighted by atomic mass is 35.5. The third-order valence-corrected chi connectivity index (χ3v) is 4.12. The molecule has 1 N–H and O–H groups in total. The minimum absolute atomic E-state index is 0.140. The summed E-state index contributed by atoms with van der Waals surface area (Å²) in [6, 6.07) is 8.47.